The maximum Gasteiger partial charge on any atom is 0.133 e. The third-order valence-corrected chi connectivity index (χ3v) is 1.76. The molecule has 0 rings (SSSR count). The van der Waals surface area contributed by atoms with Gasteiger partial charge in [0, 0.05) is 0 Å². The van der Waals surface area contributed by atoms with E-state index in [0.29, 0.717) is 0 Å². The van der Waals surface area contributed by atoms with Crippen LogP contribution in [-0.4, -0.2) is 34.5 Å². The van der Waals surface area contributed by atoms with Crippen LogP contribution in [-0.2, 0) is 4.74 Å². The van der Waals surface area contributed by atoms with Gasteiger partial charge < -0.3 is 14.9 Å². The molecule has 0 spiro atoms. The summed E-state index contributed by atoms with van der Waals surface area (Å²) in [5.74, 6) is 0. The largest absolute Gasteiger partial charge is 0.394 e. The van der Waals surface area contributed by atoms with Crippen molar-refractivity contribution in [3.63, 3.8) is 0 Å². The highest BCUT2D eigenvalue weighted by Crippen LogP contribution is 2.19. The summed E-state index contributed by atoms with van der Waals surface area (Å²) in [6.45, 7) is 3.38. The van der Waals surface area contributed by atoms with E-state index in [2.05, 4.69) is 12.6 Å². The minimum absolute atomic E-state index is 0.0527. The van der Waals surface area contributed by atoms with Crippen molar-refractivity contribution in [2.45, 2.75) is 24.9 Å². The molecule has 0 aromatic rings. The number of hydrogen-bond acceptors (Lipinski definition) is 4. The Hall–Kier alpha value is 0.230. The van der Waals surface area contributed by atoms with Crippen LogP contribution in [0, 0.1) is 0 Å². The summed E-state index contributed by atoms with van der Waals surface area (Å²) >= 11 is 4.03. The van der Waals surface area contributed by atoms with Crippen LogP contribution >= 0.6 is 12.6 Å². The van der Waals surface area contributed by atoms with Gasteiger partial charge in [-0.05, 0) is 13.8 Å². The van der Waals surface area contributed by atoms with Crippen LogP contribution in [0.15, 0.2) is 0 Å². The molecule has 0 saturated carbocycles. The molecule has 0 aromatic heterocycles. The van der Waals surface area contributed by atoms with E-state index in [-0.39, 0.29) is 13.2 Å². The Balaban J connectivity index is 3.63. The summed E-state index contributed by atoms with van der Waals surface area (Å²) in [5.41, 5.74) is 0. The third-order valence-electron chi connectivity index (χ3n) is 1.26. The molecule has 2 N–H and O–H groups in total. The summed E-state index contributed by atoms with van der Waals surface area (Å²) in [5, 5.41) is 17.4. The van der Waals surface area contributed by atoms with Gasteiger partial charge in [0.25, 0.3) is 0 Å². The second kappa shape index (κ2) is 4.18. The van der Waals surface area contributed by atoms with Gasteiger partial charge in [0.05, 0.1) is 19.3 Å². The number of aliphatic hydroxyl groups is 2. The molecule has 4 heteroatoms. The Morgan fingerprint density at radius 1 is 1.70 bits per heavy atom. The number of ether oxygens (including phenoxy) is 1. The average molecular weight is 166 g/mol. The highest BCUT2D eigenvalue weighted by atomic mass is 32.1. The fourth-order valence-corrected chi connectivity index (χ4v) is 0.464. The van der Waals surface area contributed by atoms with Crippen molar-refractivity contribution in [2.24, 2.45) is 0 Å². The first-order valence-electron chi connectivity index (χ1n) is 3.16. The second-order valence-corrected chi connectivity index (χ2v) is 3.19. The number of hydrogen-bond donors (Lipinski definition) is 3. The van der Waals surface area contributed by atoms with Crippen LogP contribution in [0.3, 0.4) is 0 Å². The first-order chi connectivity index (χ1) is 4.50. The lowest BCUT2D eigenvalue weighted by Crippen LogP contribution is -2.35. The molecule has 0 aliphatic heterocycles. The Morgan fingerprint density at radius 2 is 2.20 bits per heavy atom. The van der Waals surface area contributed by atoms with Crippen molar-refractivity contribution in [3.05, 3.63) is 0 Å². The molecule has 0 fully saturated rings. The van der Waals surface area contributed by atoms with E-state index < -0.39 is 11.0 Å². The van der Waals surface area contributed by atoms with E-state index in [0.717, 1.165) is 0 Å². The molecule has 0 saturated heterocycles. The van der Waals surface area contributed by atoms with Gasteiger partial charge in [0.1, 0.15) is 4.93 Å². The second-order valence-electron chi connectivity index (χ2n) is 2.30. The van der Waals surface area contributed by atoms with Crippen LogP contribution in [0.5, 0.6) is 0 Å². The van der Waals surface area contributed by atoms with Crippen molar-refractivity contribution in [1.29, 1.82) is 0 Å². The molecule has 0 aromatic carbocycles. The van der Waals surface area contributed by atoms with Crippen LogP contribution in [0.25, 0.3) is 0 Å². The molecule has 0 amide bonds. The fraction of sp³-hybridized carbons (Fsp3) is 1.00. The minimum Gasteiger partial charge on any atom is -0.394 e. The van der Waals surface area contributed by atoms with Gasteiger partial charge in [-0.2, -0.15) is 0 Å². The third kappa shape index (κ3) is 3.41. The summed E-state index contributed by atoms with van der Waals surface area (Å²) in [6, 6.07) is 0. The van der Waals surface area contributed by atoms with E-state index in [1.54, 1.807) is 13.8 Å². The first kappa shape index (κ1) is 10.2. The van der Waals surface area contributed by atoms with Crippen LogP contribution in [0.2, 0.25) is 0 Å². The summed E-state index contributed by atoms with van der Waals surface area (Å²) in [4.78, 5) is -0.858. The topological polar surface area (TPSA) is 49.7 Å². The van der Waals surface area contributed by atoms with Crippen molar-refractivity contribution in [3.8, 4) is 0 Å². The Bertz CT molecular complexity index is 93.0. The molecule has 3 nitrogen and oxygen atoms in total. The number of rotatable bonds is 4. The minimum atomic E-state index is -0.858. The predicted molar refractivity (Wildman–Crippen MR) is 42.1 cm³/mol. The van der Waals surface area contributed by atoms with Crippen LogP contribution in [0.4, 0.5) is 0 Å². The molecule has 0 radical (unpaired) electrons. The Morgan fingerprint density at radius 3 is 2.50 bits per heavy atom. The molecular formula is C6H14O3S. The number of thiol groups is 1. The fourth-order valence-electron chi connectivity index (χ4n) is 0.373. The molecule has 62 valence electrons. The molecule has 0 aliphatic carbocycles. The lowest BCUT2D eigenvalue weighted by Gasteiger charge is -2.26. The van der Waals surface area contributed by atoms with Crippen molar-refractivity contribution in [1.82, 2.24) is 0 Å². The molecule has 2 unspecified atom stereocenters. The molecule has 0 bridgehead atoms. The monoisotopic (exact) mass is 166 g/mol. The maximum absolute atomic E-state index is 9.02. The van der Waals surface area contributed by atoms with Gasteiger partial charge in [-0.25, -0.2) is 0 Å². The maximum atomic E-state index is 9.02. The number of aliphatic hydroxyl groups excluding tert-OH is 2. The van der Waals surface area contributed by atoms with Gasteiger partial charge in [-0.15, -0.1) is 12.6 Å². The summed E-state index contributed by atoms with van der Waals surface area (Å²) in [6.07, 6.45) is -0.651. The standard InChI is InChI=1S/C6H14O3S/c1-5(8)6(2,10)9-4-3-7/h5,7-8,10H,3-4H2,1-2H3. The van der Waals surface area contributed by atoms with Gasteiger partial charge in [-0.3, -0.25) is 0 Å². The van der Waals surface area contributed by atoms with Gasteiger partial charge in [0.2, 0.25) is 0 Å². The van der Waals surface area contributed by atoms with E-state index in [1.807, 2.05) is 0 Å². The Labute approximate surface area is 66.4 Å². The van der Waals surface area contributed by atoms with Crippen molar-refractivity contribution >= 4 is 12.6 Å². The quantitative estimate of drug-likeness (QED) is 0.408. The highest BCUT2D eigenvalue weighted by Gasteiger charge is 2.25. The molecule has 0 aliphatic rings. The average Bonchev–Trinajstić information content (AvgIpc) is 1.84. The van der Waals surface area contributed by atoms with E-state index >= 15 is 0 Å². The van der Waals surface area contributed by atoms with Crippen LogP contribution in [0.1, 0.15) is 13.8 Å². The van der Waals surface area contributed by atoms with E-state index in [4.69, 9.17) is 14.9 Å². The Kier molecular flexibility index (Phi) is 4.28. The van der Waals surface area contributed by atoms with Crippen LogP contribution < -0.4 is 0 Å². The summed E-state index contributed by atoms with van der Waals surface area (Å²) < 4.78 is 5.00. The van der Waals surface area contributed by atoms with Gasteiger partial charge in [0.15, 0.2) is 0 Å². The van der Waals surface area contributed by atoms with Crippen molar-refractivity contribution in [2.75, 3.05) is 13.2 Å². The SMILES string of the molecule is CC(O)C(C)(S)OCCO. The van der Waals surface area contributed by atoms with E-state index in [9.17, 15) is 0 Å². The first-order valence-corrected chi connectivity index (χ1v) is 3.60. The predicted octanol–water partition coefficient (Wildman–Crippen LogP) is 0.0221. The highest BCUT2D eigenvalue weighted by molar-refractivity contribution is 7.81. The zero-order valence-electron chi connectivity index (χ0n) is 6.24. The molecular weight excluding hydrogens is 152 g/mol. The molecule has 0 heterocycles. The molecule has 2 atom stereocenters. The lowest BCUT2D eigenvalue weighted by atomic mass is 10.2. The zero-order chi connectivity index (χ0) is 8.20. The summed E-state index contributed by atoms with van der Waals surface area (Å²) in [7, 11) is 0. The van der Waals surface area contributed by atoms with Gasteiger partial charge >= 0.3 is 0 Å². The zero-order valence-corrected chi connectivity index (χ0v) is 7.14. The lowest BCUT2D eigenvalue weighted by molar-refractivity contribution is -0.0517. The normalized spacial score (nSPS) is 20.1. The van der Waals surface area contributed by atoms with Gasteiger partial charge in [-0.1, -0.05) is 0 Å². The molecule has 10 heavy (non-hydrogen) atoms. The smallest absolute Gasteiger partial charge is 0.133 e. The van der Waals surface area contributed by atoms with E-state index in [1.165, 1.54) is 0 Å². The van der Waals surface area contributed by atoms with Crippen molar-refractivity contribution < 1.29 is 14.9 Å².